The molecule has 3 nitrogen and oxygen atoms in total. The second kappa shape index (κ2) is 8.50. The van der Waals surface area contributed by atoms with E-state index >= 15 is 0 Å². The van der Waals surface area contributed by atoms with Crippen LogP contribution in [0.15, 0.2) is 0 Å². The third kappa shape index (κ3) is 5.84. The highest BCUT2D eigenvalue weighted by molar-refractivity contribution is 4.90. The van der Waals surface area contributed by atoms with Gasteiger partial charge in [-0.25, -0.2) is 0 Å². The van der Waals surface area contributed by atoms with Crippen molar-refractivity contribution in [1.82, 2.24) is 5.32 Å². The number of ether oxygens (including phenoxy) is 1. The third-order valence-electron chi connectivity index (χ3n) is 3.76. The fourth-order valence-electron chi connectivity index (χ4n) is 2.70. The molecule has 1 N–H and O–H groups in total. The van der Waals surface area contributed by atoms with Gasteiger partial charge in [0.2, 0.25) is 0 Å². The van der Waals surface area contributed by atoms with Crippen molar-refractivity contribution in [2.75, 3.05) is 6.61 Å². The Kier molecular flexibility index (Phi) is 7.31. The lowest BCUT2D eigenvalue weighted by molar-refractivity contribution is 0.00968. The van der Waals surface area contributed by atoms with Gasteiger partial charge in [0, 0.05) is 12.6 Å². The fraction of sp³-hybridized carbons (Fsp3) is 0.933. The van der Waals surface area contributed by atoms with Gasteiger partial charge in [-0.3, -0.25) is 5.32 Å². The zero-order valence-corrected chi connectivity index (χ0v) is 12.1. The van der Waals surface area contributed by atoms with E-state index in [4.69, 9.17) is 10.00 Å². The quantitative estimate of drug-likeness (QED) is 0.756. The zero-order valence-electron chi connectivity index (χ0n) is 12.1. The summed E-state index contributed by atoms with van der Waals surface area (Å²) in [7, 11) is 0. The lowest BCUT2D eigenvalue weighted by Gasteiger charge is -2.28. The topological polar surface area (TPSA) is 45.0 Å². The van der Waals surface area contributed by atoms with Gasteiger partial charge in [0.25, 0.3) is 0 Å². The molecule has 1 aliphatic carbocycles. The molecule has 0 aromatic heterocycles. The Morgan fingerprint density at radius 1 is 1.39 bits per heavy atom. The zero-order chi connectivity index (χ0) is 13.4. The molecule has 1 aliphatic rings. The molecule has 0 aromatic rings. The number of nitrogens with zero attached hydrogens (tertiary/aromatic N) is 1. The number of hydrogen-bond acceptors (Lipinski definition) is 3. The Balaban J connectivity index is 2.18. The summed E-state index contributed by atoms with van der Waals surface area (Å²) in [6, 6.07) is 2.58. The summed E-state index contributed by atoms with van der Waals surface area (Å²) in [6.45, 7) is 7.11. The molecule has 0 aromatic carbocycles. The van der Waals surface area contributed by atoms with Crippen LogP contribution in [0, 0.1) is 17.2 Å². The second-order valence-corrected chi connectivity index (χ2v) is 5.73. The molecule has 18 heavy (non-hydrogen) atoms. The fourth-order valence-corrected chi connectivity index (χ4v) is 2.70. The first-order valence-electron chi connectivity index (χ1n) is 7.43. The third-order valence-corrected chi connectivity index (χ3v) is 3.76. The number of nitriles is 1. The summed E-state index contributed by atoms with van der Waals surface area (Å²) in [6.07, 6.45) is 7.58. The highest BCUT2D eigenvalue weighted by Gasteiger charge is 2.21. The Bertz CT molecular complexity index is 260. The lowest BCUT2D eigenvalue weighted by atomic mass is 9.85. The van der Waals surface area contributed by atoms with E-state index in [9.17, 15) is 0 Å². The maximum Gasteiger partial charge on any atom is 0.0976 e. The van der Waals surface area contributed by atoms with Gasteiger partial charge in [0.15, 0.2) is 0 Å². The first kappa shape index (κ1) is 15.5. The average Bonchev–Trinajstić information content (AvgIpc) is 2.37. The predicted octanol–water partition coefficient (Wildman–Crippen LogP) is 3.25. The maximum absolute atomic E-state index is 9.02. The van der Waals surface area contributed by atoms with Crippen LogP contribution in [0.2, 0.25) is 0 Å². The molecule has 1 saturated carbocycles. The predicted molar refractivity (Wildman–Crippen MR) is 74.3 cm³/mol. The Morgan fingerprint density at radius 2 is 2.17 bits per heavy atom. The minimum atomic E-state index is -0.0736. The van der Waals surface area contributed by atoms with Crippen LogP contribution in [0.1, 0.15) is 59.3 Å². The van der Waals surface area contributed by atoms with Crippen LogP contribution >= 0.6 is 0 Å². The van der Waals surface area contributed by atoms with E-state index in [2.05, 4.69) is 32.2 Å². The van der Waals surface area contributed by atoms with Gasteiger partial charge in [-0.15, -0.1) is 0 Å². The second-order valence-electron chi connectivity index (χ2n) is 5.73. The summed E-state index contributed by atoms with van der Waals surface area (Å²) in [4.78, 5) is 0. The standard InChI is InChI=1S/C15H28N2O/c1-4-13-6-5-7-15(10-13)18-9-8-14(11-16)17-12(2)3/h12-15,17H,4-10H2,1-3H3. The molecule has 0 amide bonds. The van der Waals surface area contributed by atoms with Crippen LogP contribution in [0.25, 0.3) is 0 Å². The molecular formula is C15H28N2O. The number of hydrogen-bond donors (Lipinski definition) is 1. The van der Waals surface area contributed by atoms with Crippen molar-refractivity contribution in [3.63, 3.8) is 0 Å². The van der Waals surface area contributed by atoms with Crippen LogP contribution in [0.5, 0.6) is 0 Å². The molecule has 1 fully saturated rings. The van der Waals surface area contributed by atoms with Crippen molar-refractivity contribution in [2.45, 2.75) is 77.5 Å². The van der Waals surface area contributed by atoms with Crippen molar-refractivity contribution in [1.29, 1.82) is 5.26 Å². The van der Waals surface area contributed by atoms with E-state index in [0.717, 1.165) is 12.3 Å². The van der Waals surface area contributed by atoms with Gasteiger partial charge in [-0.2, -0.15) is 5.26 Å². The van der Waals surface area contributed by atoms with Gasteiger partial charge < -0.3 is 4.74 Å². The molecule has 0 spiro atoms. The molecule has 0 radical (unpaired) electrons. The van der Waals surface area contributed by atoms with Crippen LogP contribution in [-0.2, 0) is 4.74 Å². The Hall–Kier alpha value is -0.590. The first-order valence-corrected chi connectivity index (χ1v) is 7.43. The van der Waals surface area contributed by atoms with E-state index in [1.807, 2.05) is 0 Å². The largest absolute Gasteiger partial charge is 0.378 e. The van der Waals surface area contributed by atoms with Gasteiger partial charge in [0.05, 0.1) is 18.2 Å². The summed E-state index contributed by atoms with van der Waals surface area (Å²) in [5.74, 6) is 0.851. The lowest BCUT2D eigenvalue weighted by Crippen LogP contribution is -2.35. The number of rotatable bonds is 7. The monoisotopic (exact) mass is 252 g/mol. The van der Waals surface area contributed by atoms with Crippen molar-refractivity contribution in [2.24, 2.45) is 5.92 Å². The van der Waals surface area contributed by atoms with Crippen molar-refractivity contribution < 1.29 is 4.74 Å². The van der Waals surface area contributed by atoms with Crippen molar-refractivity contribution in [3.05, 3.63) is 0 Å². The van der Waals surface area contributed by atoms with Gasteiger partial charge >= 0.3 is 0 Å². The summed E-state index contributed by atoms with van der Waals surface area (Å²) in [5.41, 5.74) is 0. The molecule has 0 saturated heterocycles. The van der Waals surface area contributed by atoms with E-state index in [0.29, 0.717) is 18.8 Å². The normalized spacial score (nSPS) is 25.9. The Morgan fingerprint density at radius 3 is 2.78 bits per heavy atom. The SMILES string of the molecule is CCC1CCCC(OCCC(C#N)NC(C)C)C1. The van der Waals surface area contributed by atoms with E-state index in [1.165, 1.54) is 32.1 Å². The van der Waals surface area contributed by atoms with Crippen molar-refractivity contribution >= 4 is 0 Å². The molecule has 3 unspecified atom stereocenters. The van der Waals surface area contributed by atoms with Gasteiger partial charge in [0.1, 0.15) is 0 Å². The van der Waals surface area contributed by atoms with E-state index in [1.54, 1.807) is 0 Å². The molecule has 104 valence electrons. The summed E-state index contributed by atoms with van der Waals surface area (Å²) < 4.78 is 5.94. The number of nitrogens with one attached hydrogen (secondary N) is 1. The van der Waals surface area contributed by atoms with Crippen LogP contribution in [-0.4, -0.2) is 24.8 Å². The van der Waals surface area contributed by atoms with Crippen LogP contribution < -0.4 is 5.32 Å². The highest BCUT2D eigenvalue weighted by Crippen LogP contribution is 2.28. The minimum absolute atomic E-state index is 0.0736. The van der Waals surface area contributed by atoms with Crippen LogP contribution in [0.3, 0.4) is 0 Å². The van der Waals surface area contributed by atoms with E-state index < -0.39 is 0 Å². The molecule has 0 aliphatic heterocycles. The first-order chi connectivity index (χ1) is 8.65. The molecule has 1 rings (SSSR count). The minimum Gasteiger partial charge on any atom is -0.378 e. The smallest absolute Gasteiger partial charge is 0.0976 e. The van der Waals surface area contributed by atoms with E-state index in [-0.39, 0.29) is 6.04 Å². The van der Waals surface area contributed by atoms with Crippen molar-refractivity contribution in [3.8, 4) is 6.07 Å². The molecule has 0 heterocycles. The average molecular weight is 252 g/mol. The highest BCUT2D eigenvalue weighted by atomic mass is 16.5. The molecule has 3 heteroatoms. The maximum atomic E-state index is 9.02. The van der Waals surface area contributed by atoms with Gasteiger partial charge in [-0.1, -0.05) is 26.2 Å². The molecule has 0 bridgehead atoms. The van der Waals surface area contributed by atoms with Gasteiger partial charge in [-0.05, 0) is 39.0 Å². The molecular weight excluding hydrogens is 224 g/mol. The Labute approximate surface area is 112 Å². The summed E-state index contributed by atoms with van der Waals surface area (Å²) >= 11 is 0. The summed E-state index contributed by atoms with van der Waals surface area (Å²) in [5, 5.41) is 12.3. The molecule has 3 atom stereocenters. The van der Waals surface area contributed by atoms with Crippen LogP contribution in [0.4, 0.5) is 0 Å².